The molecule has 1 aliphatic rings. The van der Waals surface area contributed by atoms with Gasteiger partial charge in [-0.15, -0.1) is 0 Å². The Morgan fingerprint density at radius 3 is 2.95 bits per heavy atom. The predicted molar refractivity (Wildman–Crippen MR) is 76.8 cm³/mol. The first-order valence-electron chi connectivity index (χ1n) is 7.18. The maximum absolute atomic E-state index is 11.9. The van der Waals surface area contributed by atoms with Crippen LogP contribution >= 0.6 is 0 Å². The highest BCUT2D eigenvalue weighted by atomic mass is 16.1. The van der Waals surface area contributed by atoms with Gasteiger partial charge in [-0.2, -0.15) is 0 Å². The van der Waals surface area contributed by atoms with Crippen molar-refractivity contribution in [3.63, 3.8) is 0 Å². The number of aromatic nitrogens is 1. The van der Waals surface area contributed by atoms with Crippen molar-refractivity contribution in [3.05, 3.63) is 29.6 Å². The van der Waals surface area contributed by atoms with E-state index in [1.54, 1.807) is 0 Å². The third-order valence-electron chi connectivity index (χ3n) is 3.94. The van der Waals surface area contributed by atoms with Gasteiger partial charge >= 0.3 is 0 Å². The van der Waals surface area contributed by atoms with Gasteiger partial charge in [0.15, 0.2) is 0 Å². The van der Waals surface area contributed by atoms with E-state index in [4.69, 9.17) is 0 Å². The van der Waals surface area contributed by atoms with Crippen LogP contribution in [0.2, 0.25) is 0 Å². The van der Waals surface area contributed by atoms with Crippen molar-refractivity contribution in [1.82, 2.24) is 9.88 Å². The lowest BCUT2D eigenvalue weighted by atomic mass is 9.81. The molecular weight excluding hydrogens is 236 g/mol. The van der Waals surface area contributed by atoms with E-state index in [1.165, 1.54) is 0 Å². The first-order chi connectivity index (χ1) is 9.04. The second kappa shape index (κ2) is 6.29. The maximum Gasteiger partial charge on any atom is 0.137 e. The highest BCUT2D eigenvalue weighted by Gasteiger charge is 2.27. The number of hydrogen-bond donors (Lipinski definition) is 0. The standard InChI is InChI=1S/C16H24N2O/c1-12-7-8-16(19)14(9-12)10-18(3)11-15-6-4-5-13(2)17-15/h4-6,12,14H,7-11H2,1-3H3. The molecule has 2 rings (SSSR count). The summed E-state index contributed by atoms with van der Waals surface area (Å²) in [6.45, 7) is 5.94. The van der Waals surface area contributed by atoms with Crippen LogP contribution in [-0.4, -0.2) is 29.3 Å². The highest BCUT2D eigenvalue weighted by molar-refractivity contribution is 5.81. The minimum absolute atomic E-state index is 0.221. The summed E-state index contributed by atoms with van der Waals surface area (Å²) in [6, 6.07) is 6.10. The van der Waals surface area contributed by atoms with Crippen molar-refractivity contribution < 1.29 is 4.79 Å². The molecule has 0 saturated heterocycles. The van der Waals surface area contributed by atoms with E-state index in [0.717, 1.165) is 43.7 Å². The van der Waals surface area contributed by atoms with Gasteiger partial charge in [-0.25, -0.2) is 0 Å². The molecule has 0 amide bonds. The summed E-state index contributed by atoms with van der Waals surface area (Å²) in [5.41, 5.74) is 2.13. The van der Waals surface area contributed by atoms with Crippen LogP contribution in [0.4, 0.5) is 0 Å². The molecule has 0 aromatic carbocycles. The number of carbonyl (C=O) groups is 1. The summed E-state index contributed by atoms with van der Waals surface area (Å²) in [5.74, 6) is 1.36. The van der Waals surface area contributed by atoms with Crippen LogP contribution in [0.15, 0.2) is 18.2 Å². The molecule has 0 radical (unpaired) electrons. The molecule has 1 heterocycles. The lowest BCUT2D eigenvalue weighted by molar-refractivity contribution is -0.126. The van der Waals surface area contributed by atoms with Gasteiger partial charge in [0.05, 0.1) is 5.69 Å². The molecule has 0 spiro atoms. The van der Waals surface area contributed by atoms with E-state index >= 15 is 0 Å². The van der Waals surface area contributed by atoms with Crippen molar-refractivity contribution in [3.8, 4) is 0 Å². The second-order valence-corrected chi connectivity index (χ2v) is 6.01. The van der Waals surface area contributed by atoms with Crippen molar-refractivity contribution in [2.24, 2.45) is 11.8 Å². The first-order valence-corrected chi connectivity index (χ1v) is 7.18. The van der Waals surface area contributed by atoms with E-state index in [9.17, 15) is 4.79 Å². The lowest BCUT2D eigenvalue weighted by Crippen LogP contribution is -2.34. The van der Waals surface area contributed by atoms with Gasteiger partial charge < -0.3 is 0 Å². The minimum Gasteiger partial charge on any atom is -0.300 e. The number of hydrogen-bond acceptors (Lipinski definition) is 3. The molecule has 2 unspecified atom stereocenters. The third-order valence-corrected chi connectivity index (χ3v) is 3.94. The largest absolute Gasteiger partial charge is 0.300 e. The summed E-state index contributed by atoms with van der Waals surface area (Å²) in [4.78, 5) is 18.7. The predicted octanol–water partition coefficient (Wildman–Crippen LogP) is 2.83. The zero-order valence-corrected chi connectivity index (χ0v) is 12.2. The molecule has 19 heavy (non-hydrogen) atoms. The van der Waals surface area contributed by atoms with Crippen molar-refractivity contribution in [1.29, 1.82) is 0 Å². The molecule has 3 nitrogen and oxygen atoms in total. The summed E-state index contributed by atoms with van der Waals surface area (Å²) < 4.78 is 0. The van der Waals surface area contributed by atoms with Gasteiger partial charge in [0.25, 0.3) is 0 Å². The van der Waals surface area contributed by atoms with Crippen molar-refractivity contribution >= 4 is 5.78 Å². The Bertz CT molecular complexity index is 444. The van der Waals surface area contributed by atoms with E-state index in [2.05, 4.69) is 29.9 Å². The molecule has 2 atom stereocenters. The van der Waals surface area contributed by atoms with Crippen LogP contribution in [0.5, 0.6) is 0 Å². The fourth-order valence-electron chi connectivity index (χ4n) is 2.91. The molecule has 1 aromatic rings. The summed E-state index contributed by atoms with van der Waals surface area (Å²) in [7, 11) is 2.08. The topological polar surface area (TPSA) is 33.2 Å². The smallest absolute Gasteiger partial charge is 0.137 e. The quantitative estimate of drug-likeness (QED) is 0.834. The Labute approximate surface area is 116 Å². The molecule has 104 valence electrons. The number of Topliss-reactive ketones (excluding diaryl/α,β-unsaturated/α-hetero) is 1. The SMILES string of the molecule is Cc1cccc(CN(C)CC2CC(C)CCC2=O)n1. The Balaban J connectivity index is 1.90. The number of rotatable bonds is 4. The van der Waals surface area contributed by atoms with E-state index < -0.39 is 0 Å². The Kier molecular flexibility index (Phi) is 4.70. The van der Waals surface area contributed by atoms with Crippen LogP contribution in [0.3, 0.4) is 0 Å². The maximum atomic E-state index is 11.9. The summed E-state index contributed by atoms with van der Waals surface area (Å²) >= 11 is 0. The van der Waals surface area contributed by atoms with Crippen LogP contribution in [-0.2, 0) is 11.3 Å². The fourth-order valence-corrected chi connectivity index (χ4v) is 2.91. The molecule has 1 saturated carbocycles. The van der Waals surface area contributed by atoms with E-state index in [0.29, 0.717) is 11.7 Å². The molecule has 3 heteroatoms. The van der Waals surface area contributed by atoms with Gasteiger partial charge in [0.1, 0.15) is 5.78 Å². The Morgan fingerprint density at radius 1 is 1.42 bits per heavy atom. The zero-order chi connectivity index (χ0) is 13.8. The van der Waals surface area contributed by atoms with Gasteiger partial charge in [-0.1, -0.05) is 13.0 Å². The first kappa shape index (κ1) is 14.2. The molecule has 0 aliphatic heterocycles. The minimum atomic E-state index is 0.221. The molecule has 1 aliphatic carbocycles. The molecule has 0 bridgehead atoms. The van der Waals surface area contributed by atoms with Gasteiger partial charge in [-0.3, -0.25) is 14.7 Å². The normalized spacial score (nSPS) is 23.9. The van der Waals surface area contributed by atoms with Gasteiger partial charge in [0, 0.05) is 31.1 Å². The van der Waals surface area contributed by atoms with Crippen molar-refractivity contribution in [2.45, 2.75) is 39.7 Å². The number of carbonyl (C=O) groups excluding carboxylic acids is 1. The number of pyridine rings is 1. The Morgan fingerprint density at radius 2 is 2.21 bits per heavy atom. The highest BCUT2D eigenvalue weighted by Crippen LogP contribution is 2.26. The lowest BCUT2D eigenvalue weighted by Gasteiger charge is -2.29. The third kappa shape index (κ3) is 4.13. The second-order valence-electron chi connectivity index (χ2n) is 6.01. The van der Waals surface area contributed by atoms with E-state index in [-0.39, 0.29) is 5.92 Å². The van der Waals surface area contributed by atoms with Crippen LogP contribution in [0, 0.1) is 18.8 Å². The summed E-state index contributed by atoms with van der Waals surface area (Å²) in [6.07, 6.45) is 2.88. The van der Waals surface area contributed by atoms with Crippen LogP contribution in [0.25, 0.3) is 0 Å². The monoisotopic (exact) mass is 260 g/mol. The fraction of sp³-hybridized carbons (Fsp3) is 0.625. The van der Waals surface area contributed by atoms with Crippen molar-refractivity contribution in [2.75, 3.05) is 13.6 Å². The molecule has 1 fully saturated rings. The van der Waals surface area contributed by atoms with Gasteiger partial charge in [-0.05, 0) is 44.9 Å². The Hall–Kier alpha value is -1.22. The molecular formula is C16H24N2O. The van der Waals surface area contributed by atoms with Crippen LogP contribution in [0.1, 0.15) is 37.6 Å². The van der Waals surface area contributed by atoms with Crippen LogP contribution < -0.4 is 0 Å². The van der Waals surface area contributed by atoms with E-state index in [1.807, 2.05) is 19.1 Å². The average molecular weight is 260 g/mol. The molecule has 1 aromatic heterocycles. The zero-order valence-electron chi connectivity index (χ0n) is 12.2. The van der Waals surface area contributed by atoms with Gasteiger partial charge in [0.2, 0.25) is 0 Å². The number of ketones is 1. The summed E-state index contributed by atoms with van der Waals surface area (Å²) in [5, 5.41) is 0. The number of nitrogens with zero attached hydrogens (tertiary/aromatic N) is 2. The average Bonchev–Trinajstić information content (AvgIpc) is 2.34. The number of aryl methyl sites for hydroxylation is 1. The molecule has 0 N–H and O–H groups in total.